The standard InChI is InChI=1S/C11H15F3N2/c1-16(2)10-6-8(3-4-15)5-9(7-10)11(12,13)14/h5-7H,3-4,15H2,1-2H3. The number of benzene rings is 1. The van der Waals surface area contributed by atoms with Crippen molar-refractivity contribution in [1.82, 2.24) is 0 Å². The van der Waals surface area contributed by atoms with Crippen molar-refractivity contribution in [3.63, 3.8) is 0 Å². The van der Waals surface area contributed by atoms with Crippen molar-refractivity contribution in [1.29, 1.82) is 0 Å². The summed E-state index contributed by atoms with van der Waals surface area (Å²) in [5, 5.41) is 0. The first kappa shape index (κ1) is 12.8. The smallest absolute Gasteiger partial charge is 0.378 e. The van der Waals surface area contributed by atoms with E-state index in [-0.39, 0.29) is 0 Å². The van der Waals surface area contributed by atoms with E-state index >= 15 is 0 Å². The summed E-state index contributed by atoms with van der Waals surface area (Å²) < 4.78 is 37.8. The van der Waals surface area contributed by atoms with Gasteiger partial charge in [0.05, 0.1) is 5.56 Å². The van der Waals surface area contributed by atoms with Crippen LogP contribution in [0.5, 0.6) is 0 Å². The third kappa shape index (κ3) is 3.13. The van der Waals surface area contributed by atoms with Gasteiger partial charge in [-0.05, 0) is 36.7 Å². The van der Waals surface area contributed by atoms with E-state index in [2.05, 4.69) is 0 Å². The number of halogens is 3. The summed E-state index contributed by atoms with van der Waals surface area (Å²) in [5.74, 6) is 0. The Bertz CT molecular complexity index is 359. The van der Waals surface area contributed by atoms with Crippen LogP contribution in [0.15, 0.2) is 18.2 Å². The number of hydrogen-bond acceptors (Lipinski definition) is 2. The fourth-order valence-electron chi connectivity index (χ4n) is 1.41. The molecule has 1 rings (SSSR count). The molecule has 0 aliphatic heterocycles. The molecule has 0 aliphatic rings. The molecule has 0 aliphatic carbocycles. The zero-order chi connectivity index (χ0) is 12.3. The molecule has 0 radical (unpaired) electrons. The number of rotatable bonds is 3. The lowest BCUT2D eigenvalue weighted by Crippen LogP contribution is -2.13. The van der Waals surface area contributed by atoms with Crippen LogP contribution in [-0.2, 0) is 12.6 Å². The van der Waals surface area contributed by atoms with Crippen LogP contribution >= 0.6 is 0 Å². The van der Waals surface area contributed by atoms with Gasteiger partial charge in [-0.2, -0.15) is 13.2 Å². The molecular weight excluding hydrogens is 217 g/mol. The summed E-state index contributed by atoms with van der Waals surface area (Å²) >= 11 is 0. The monoisotopic (exact) mass is 232 g/mol. The maximum Gasteiger partial charge on any atom is 0.416 e. The van der Waals surface area contributed by atoms with Crippen molar-refractivity contribution < 1.29 is 13.2 Å². The molecule has 0 aromatic heterocycles. The lowest BCUT2D eigenvalue weighted by atomic mass is 10.1. The van der Waals surface area contributed by atoms with E-state index in [0.29, 0.717) is 24.2 Å². The highest BCUT2D eigenvalue weighted by Gasteiger charge is 2.31. The Balaban J connectivity index is 3.19. The molecule has 0 bridgehead atoms. The minimum atomic E-state index is -4.31. The van der Waals surface area contributed by atoms with Gasteiger partial charge in [-0.15, -0.1) is 0 Å². The molecule has 0 amide bonds. The van der Waals surface area contributed by atoms with Gasteiger partial charge in [0.1, 0.15) is 0 Å². The molecule has 1 aromatic rings. The second-order valence-corrected chi connectivity index (χ2v) is 3.82. The first-order valence-electron chi connectivity index (χ1n) is 4.93. The number of nitrogens with two attached hydrogens (primary N) is 1. The first-order valence-corrected chi connectivity index (χ1v) is 4.93. The second-order valence-electron chi connectivity index (χ2n) is 3.82. The molecule has 90 valence electrons. The highest BCUT2D eigenvalue weighted by atomic mass is 19.4. The van der Waals surface area contributed by atoms with Crippen molar-refractivity contribution in [3.8, 4) is 0 Å². The molecule has 0 atom stereocenters. The fraction of sp³-hybridized carbons (Fsp3) is 0.455. The van der Waals surface area contributed by atoms with Gasteiger partial charge in [-0.1, -0.05) is 0 Å². The van der Waals surface area contributed by atoms with Crippen molar-refractivity contribution in [3.05, 3.63) is 29.3 Å². The Hall–Kier alpha value is -1.23. The molecule has 0 unspecified atom stereocenters. The maximum atomic E-state index is 12.6. The van der Waals surface area contributed by atoms with E-state index in [1.54, 1.807) is 25.1 Å². The van der Waals surface area contributed by atoms with E-state index in [0.717, 1.165) is 12.1 Å². The van der Waals surface area contributed by atoms with Gasteiger partial charge in [-0.3, -0.25) is 0 Å². The number of nitrogens with zero attached hydrogens (tertiary/aromatic N) is 1. The van der Waals surface area contributed by atoms with Crippen LogP contribution in [0.3, 0.4) is 0 Å². The van der Waals surface area contributed by atoms with Crippen molar-refractivity contribution in [2.75, 3.05) is 25.5 Å². The van der Waals surface area contributed by atoms with E-state index < -0.39 is 11.7 Å². The molecule has 0 saturated carbocycles. The number of hydrogen-bond donors (Lipinski definition) is 1. The largest absolute Gasteiger partial charge is 0.416 e. The predicted octanol–water partition coefficient (Wildman–Crippen LogP) is 2.27. The van der Waals surface area contributed by atoms with Crippen LogP contribution in [-0.4, -0.2) is 20.6 Å². The third-order valence-electron chi connectivity index (χ3n) is 2.25. The topological polar surface area (TPSA) is 29.3 Å². The van der Waals surface area contributed by atoms with Gasteiger partial charge in [0, 0.05) is 19.8 Å². The van der Waals surface area contributed by atoms with E-state index in [1.807, 2.05) is 0 Å². The van der Waals surface area contributed by atoms with Crippen molar-refractivity contribution in [2.24, 2.45) is 5.73 Å². The Labute approximate surface area is 92.9 Å². The Kier molecular flexibility index (Phi) is 3.80. The van der Waals surface area contributed by atoms with Gasteiger partial charge in [0.2, 0.25) is 0 Å². The SMILES string of the molecule is CN(C)c1cc(CCN)cc(C(F)(F)F)c1. The van der Waals surface area contributed by atoms with Crippen LogP contribution < -0.4 is 10.6 Å². The fourth-order valence-corrected chi connectivity index (χ4v) is 1.41. The number of alkyl halides is 3. The zero-order valence-corrected chi connectivity index (χ0v) is 9.30. The Morgan fingerprint density at radius 3 is 2.25 bits per heavy atom. The minimum absolute atomic E-state index is 0.341. The van der Waals surface area contributed by atoms with Crippen LogP contribution in [0.2, 0.25) is 0 Å². The molecule has 5 heteroatoms. The molecule has 2 N–H and O–H groups in total. The summed E-state index contributed by atoms with van der Waals surface area (Å²) in [7, 11) is 3.42. The van der Waals surface area contributed by atoms with Crippen LogP contribution in [0.1, 0.15) is 11.1 Å². The number of anilines is 1. The van der Waals surface area contributed by atoms with E-state index in [1.165, 1.54) is 0 Å². The Morgan fingerprint density at radius 2 is 1.81 bits per heavy atom. The van der Waals surface area contributed by atoms with E-state index in [4.69, 9.17) is 5.73 Å². The van der Waals surface area contributed by atoms with Crippen molar-refractivity contribution >= 4 is 5.69 Å². The summed E-state index contributed by atoms with van der Waals surface area (Å²) in [4.78, 5) is 1.65. The van der Waals surface area contributed by atoms with Gasteiger partial charge in [-0.25, -0.2) is 0 Å². The molecule has 0 fully saturated rings. The second kappa shape index (κ2) is 4.74. The molecule has 1 aromatic carbocycles. The molecule has 2 nitrogen and oxygen atoms in total. The van der Waals surface area contributed by atoms with Crippen LogP contribution in [0.25, 0.3) is 0 Å². The average Bonchev–Trinajstić information content (AvgIpc) is 2.16. The predicted molar refractivity (Wildman–Crippen MR) is 58.5 cm³/mol. The molecule has 16 heavy (non-hydrogen) atoms. The quantitative estimate of drug-likeness (QED) is 0.866. The van der Waals surface area contributed by atoms with Gasteiger partial charge < -0.3 is 10.6 Å². The summed E-state index contributed by atoms with van der Waals surface area (Å²) in [6.45, 7) is 0.341. The van der Waals surface area contributed by atoms with Gasteiger partial charge in [0.25, 0.3) is 0 Å². The summed E-state index contributed by atoms with van der Waals surface area (Å²) in [6.07, 6.45) is -3.86. The minimum Gasteiger partial charge on any atom is -0.378 e. The molecule has 0 heterocycles. The van der Waals surface area contributed by atoms with Crippen molar-refractivity contribution in [2.45, 2.75) is 12.6 Å². The maximum absolute atomic E-state index is 12.6. The zero-order valence-electron chi connectivity index (χ0n) is 9.30. The molecular formula is C11H15F3N2. The Morgan fingerprint density at radius 1 is 1.19 bits per heavy atom. The van der Waals surface area contributed by atoms with Crippen LogP contribution in [0, 0.1) is 0 Å². The molecule has 0 saturated heterocycles. The van der Waals surface area contributed by atoms with Gasteiger partial charge >= 0.3 is 6.18 Å². The first-order chi connectivity index (χ1) is 7.34. The van der Waals surface area contributed by atoms with E-state index in [9.17, 15) is 13.2 Å². The third-order valence-corrected chi connectivity index (χ3v) is 2.25. The average molecular weight is 232 g/mol. The summed E-state index contributed by atoms with van der Waals surface area (Å²) in [5.41, 5.74) is 5.88. The highest BCUT2D eigenvalue weighted by Crippen LogP contribution is 2.32. The summed E-state index contributed by atoms with van der Waals surface area (Å²) in [6, 6.07) is 4.02. The lowest BCUT2D eigenvalue weighted by molar-refractivity contribution is -0.137. The van der Waals surface area contributed by atoms with Gasteiger partial charge in [0.15, 0.2) is 0 Å². The highest BCUT2D eigenvalue weighted by molar-refractivity contribution is 5.51. The molecule has 0 spiro atoms. The normalized spacial score (nSPS) is 11.6. The van der Waals surface area contributed by atoms with Crippen LogP contribution in [0.4, 0.5) is 18.9 Å². The lowest BCUT2D eigenvalue weighted by Gasteiger charge is -2.17.